The zero-order chi connectivity index (χ0) is 25.1. The van der Waals surface area contributed by atoms with Gasteiger partial charge >= 0.3 is 0 Å². The number of para-hydroxylation sites is 2. The van der Waals surface area contributed by atoms with Crippen LogP contribution in [-0.4, -0.2) is 28.8 Å². The van der Waals surface area contributed by atoms with Crippen molar-refractivity contribution in [2.75, 3.05) is 14.2 Å². The molecule has 2 aromatic heterocycles. The summed E-state index contributed by atoms with van der Waals surface area (Å²) in [6.07, 6.45) is 0. The molecule has 3 aromatic carbocycles. The molecule has 182 valence electrons. The molecule has 0 atom stereocenters. The average molecular weight is 500 g/mol. The van der Waals surface area contributed by atoms with Crippen LogP contribution >= 0.6 is 11.8 Å². The molecule has 0 fully saturated rings. The van der Waals surface area contributed by atoms with Gasteiger partial charge in [-0.25, -0.2) is 9.97 Å². The molecule has 0 saturated carbocycles. The van der Waals surface area contributed by atoms with Gasteiger partial charge in [0.15, 0.2) is 16.7 Å². The van der Waals surface area contributed by atoms with E-state index in [1.807, 2.05) is 79.7 Å². The van der Waals surface area contributed by atoms with Crippen LogP contribution < -0.4 is 15.0 Å². The Hall–Kier alpha value is -4.04. The van der Waals surface area contributed by atoms with Gasteiger partial charge in [-0.05, 0) is 36.8 Å². The van der Waals surface area contributed by atoms with Crippen molar-refractivity contribution < 1.29 is 13.9 Å². The predicted octanol–water partition coefficient (Wildman–Crippen LogP) is 5.72. The molecule has 0 spiro atoms. The van der Waals surface area contributed by atoms with Gasteiger partial charge in [-0.1, -0.05) is 60.3 Å². The fourth-order valence-electron chi connectivity index (χ4n) is 4.03. The Morgan fingerprint density at radius 3 is 2.47 bits per heavy atom. The number of hydrogen-bond donors (Lipinski definition) is 0. The Labute approximate surface area is 212 Å². The second-order valence-corrected chi connectivity index (χ2v) is 9.08. The van der Waals surface area contributed by atoms with Crippen LogP contribution in [0.3, 0.4) is 0 Å². The predicted molar refractivity (Wildman–Crippen MR) is 141 cm³/mol. The lowest BCUT2D eigenvalue weighted by Gasteiger charge is -2.13. The molecule has 0 radical (unpaired) electrons. The summed E-state index contributed by atoms with van der Waals surface area (Å²) in [5, 5.41) is 1.23. The van der Waals surface area contributed by atoms with E-state index in [1.165, 1.54) is 11.8 Å². The van der Waals surface area contributed by atoms with Crippen molar-refractivity contribution >= 4 is 22.7 Å². The third-order valence-corrected chi connectivity index (χ3v) is 6.86. The van der Waals surface area contributed by atoms with Gasteiger partial charge in [-0.3, -0.25) is 9.36 Å². The van der Waals surface area contributed by atoms with Gasteiger partial charge in [-0.15, -0.1) is 0 Å². The van der Waals surface area contributed by atoms with Gasteiger partial charge in [-0.2, -0.15) is 0 Å². The quantitative estimate of drug-likeness (QED) is 0.200. The van der Waals surface area contributed by atoms with Crippen molar-refractivity contribution in [2.45, 2.75) is 24.4 Å². The highest BCUT2D eigenvalue weighted by atomic mass is 32.2. The first kappa shape index (κ1) is 23.7. The molecule has 36 heavy (non-hydrogen) atoms. The fourth-order valence-corrected chi connectivity index (χ4v) is 5.03. The summed E-state index contributed by atoms with van der Waals surface area (Å²) in [6.45, 7) is 2.31. The van der Waals surface area contributed by atoms with E-state index in [1.54, 1.807) is 18.8 Å². The molecule has 0 unspecified atom stereocenters. The fraction of sp³-hybridized carbons (Fsp3) is 0.179. The lowest BCUT2D eigenvalue weighted by Crippen LogP contribution is -2.24. The first-order valence-corrected chi connectivity index (χ1v) is 12.4. The minimum Gasteiger partial charge on any atom is -0.493 e. The minimum absolute atomic E-state index is 0.0642. The van der Waals surface area contributed by atoms with Crippen molar-refractivity contribution in [3.05, 3.63) is 100 Å². The van der Waals surface area contributed by atoms with E-state index >= 15 is 0 Å². The first-order chi connectivity index (χ1) is 17.6. The zero-order valence-corrected chi connectivity index (χ0v) is 21.0. The molecule has 0 aliphatic heterocycles. The second-order valence-electron chi connectivity index (χ2n) is 8.14. The summed E-state index contributed by atoms with van der Waals surface area (Å²) >= 11 is 1.46. The number of aryl methyl sites for hydroxylation is 1. The number of methoxy groups -OCH3 is 2. The van der Waals surface area contributed by atoms with Crippen molar-refractivity contribution in [3.63, 3.8) is 0 Å². The lowest BCUT2D eigenvalue weighted by molar-refractivity contribution is 0.355. The first-order valence-electron chi connectivity index (χ1n) is 11.4. The van der Waals surface area contributed by atoms with E-state index in [0.717, 1.165) is 11.3 Å². The number of nitrogens with zero attached hydrogens (tertiary/aromatic N) is 3. The SMILES string of the molecule is COc1cccc(-c2nc(CSc3nc4ccccc4c(=O)n3Cc3ccccc3)c(C)o2)c1OC. The van der Waals surface area contributed by atoms with Gasteiger partial charge < -0.3 is 13.9 Å². The summed E-state index contributed by atoms with van der Waals surface area (Å²) in [7, 11) is 3.18. The number of aromatic nitrogens is 3. The number of ether oxygens (including phenoxy) is 2. The number of rotatable bonds is 8. The summed E-state index contributed by atoms with van der Waals surface area (Å²) in [5.74, 6) is 2.80. The summed E-state index contributed by atoms with van der Waals surface area (Å²) < 4.78 is 18.7. The summed E-state index contributed by atoms with van der Waals surface area (Å²) in [5.41, 5.74) is 3.12. The molecule has 0 aliphatic rings. The third-order valence-electron chi connectivity index (χ3n) is 5.87. The van der Waals surface area contributed by atoms with Crippen molar-refractivity contribution in [2.24, 2.45) is 0 Å². The molecule has 0 aliphatic carbocycles. The van der Waals surface area contributed by atoms with Crippen molar-refractivity contribution in [1.82, 2.24) is 14.5 Å². The van der Waals surface area contributed by atoms with Crippen LogP contribution in [0.5, 0.6) is 11.5 Å². The van der Waals surface area contributed by atoms with E-state index < -0.39 is 0 Å². The molecule has 8 heteroatoms. The smallest absolute Gasteiger partial charge is 0.262 e. The maximum Gasteiger partial charge on any atom is 0.262 e. The van der Waals surface area contributed by atoms with Gasteiger partial charge in [0.25, 0.3) is 5.56 Å². The largest absolute Gasteiger partial charge is 0.493 e. The number of benzene rings is 3. The van der Waals surface area contributed by atoms with Gasteiger partial charge in [0, 0.05) is 5.75 Å². The maximum atomic E-state index is 13.4. The average Bonchev–Trinajstić information content (AvgIpc) is 3.29. The molecule has 5 rings (SSSR count). The molecular formula is C28H25N3O4S. The topological polar surface area (TPSA) is 79.4 Å². The van der Waals surface area contributed by atoms with Crippen LogP contribution in [0.25, 0.3) is 22.4 Å². The maximum absolute atomic E-state index is 13.4. The highest BCUT2D eigenvalue weighted by Gasteiger charge is 2.19. The Bertz CT molecular complexity index is 1580. The van der Waals surface area contributed by atoms with Crippen LogP contribution in [0.15, 0.2) is 87.2 Å². The van der Waals surface area contributed by atoms with Gasteiger partial charge in [0.2, 0.25) is 5.89 Å². The van der Waals surface area contributed by atoms with Crippen molar-refractivity contribution in [1.29, 1.82) is 0 Å². The standard InChI is InChI=1S/C28H25N3O4S/c1-18-23(29-26(35-18)21-13-9-15-24(33-2)25(21)34-3)17-36-28-30-22-14-8-7-12-20(22)27(32)31(28)16-19-10-5-4-6-11-19/h4-15H,16-17H2,1-3H3. The summed E-state index contributed by atoms with van der Waals surface area (Å²) in [4.78, 5) is 23.0. The van der Waals surface area contributed by atoms with E-state index in [2.05, 4.69) is 0 Å². The van der Waals surface area contributed by atoms with Crippen LogP contribution in [0.1, 0.15) is 17.0 Å². The highest BCUT2D eigenvalue weighted by molar-refractivity contribution is 7.98. The lowest BCUT2D eigenvalue weighted by atomic mass is 10.2. The Morgan fingerprint density at radius 1 is 0.917 bits per heavy atom. The number of oxazole rings is 1. The molecule has 0 N–H and O–H groups in total. The Balaban J connectivity index is 1.49. The second kappa shape index (κ2) is 10.3. The Kier molecular flexibility index (Phi) is 6.77. The van der Waals surface area contributed by atoms with Gasteiger partial charge in [0.1, 0.15) is 5.76 Å². The normalized spacial score (nSPS) is 11.1. The monoisotopic (exact) mass is 499 g/mol. The van der Waals surface area contributed by atoms with E-state index in [4.69, 9.17) is 23.9 Å². The highest BCUT2D eigenvalue weighted by Crippen LogP contribution is 2.38. The summed E-state index contributed by atoms with van der Waals surface area (Å²) in [6, 6.07) is 22.9. The third kappa shape index (κ3) is 4.59. The van der Waals surface area contributed by atoms with Crippen LogP contribution in [0.2, 0.25) is 0 Å². The number of hydrogen-bond acceptors (Lipinski definition) is 7. The van der Waals surface area contributed by atoms with Crippen LogP contribution in [0, 0.1) is 6.92 Å². The van der Waals surface area contributed by atoms with Crippen LogP contribution in [0.4, 0.5) is 0 Å². The molecule has 0 bridgehead atoms. The molecule has 7 nitrogen and oxygen atoms in total. The molecule has 0 saturated heterocycles. The number of fused-ring (bicyclic) bond motifs is 1. The van der Waals surface area contributed by atoms with E-state index in [9.17, 15) is 4.79 Å². The molecule has 2 heterocycles. The number of thioether (sulfide) groups is 1. The van der Waals surface area contributed by atoms with Gasteiger partial charge in [0.05, 0.1) is 42.9 Å². The van der Waals surface area contributed by atoms with Crippen molar-refractivity contribution in [3.8, 4) is 23.0 Å². The van der Waals surface area contributed by atoms with E-state index in [-0.39, 0.29) is 5.56 Å². The molecule has 0 amide bonds. The van der Waals surface area contributed by atoms with Crippen LogP contribution in [-0.2, 0) is 12.3 Å². The van der Waals surface area contributed by atoms with E-state index in [0.29, 0.717) is 57.1 Å². The zero-order valence-electron chi connectivity index (χ0n) is 20.2. The Morgan fingerprint density at radius 2 is 1.69 bits per heavy atom. The molecule has 5 aromatic rings. The molecular weight excluding hydrogens is 474 g/mol. The minimum atomic E-state index is -0.0642.